The lowest BCUT2D eigenvalue weighted by molar-refractivity contribution is -0.144. The fourth-order valence-electron chi connectivity index (χ4n) is 9.89. The van der Waals surface area contributed by atoms with Crippen molar-refractivity contribution in [2.75, 3.05) is 88.9 Å². The summed E-state index contributed by atoms with van der Waals surface area (Å²) in [7, 11) is 0. The first-order valence-electron chi connectivity index (χ1n) is 27.6. The molecule has 14 nitrogen and oxygen atoms in total. The molecule has 0 bridgehead atoms. The minimum atomic E-state index is -0.676. The molecule has 2 saturated heterocycles. The van der Waals surface area contributed by atoms with Gasteiger partial charge in [0.2, 0.25) is 0 Å². The molecular weight excluding hydrogens is 929 g/mol. The fourth-order valence-corrected chi connectivity index (χ4v) is 9.89. The third-order valence-corrected chi connectivity index (χ3v) is 14.1. The molecule has 4 aromatic rings. The van der Waals surface area contributed by atoms with Crippen molar-refractivity contribution in [3.05, 3.63) is 132 Å². The van der Waals surface area contributed by atoms with Crippen LogP contribution in [0.15, 0.2) is 121 Å². The summed E-state index contributed by atoms with van der Waals surface area (Å²) in [6, 6.07) is 37.3. The molecule has 14 heteroatoms. The summed E-state index contributed by atoms with van der Waals surface area (Å²) in [6.45, 7) is 20.8. The molecule has 0 radical (unpaired) electrons. The number of benzene rings is 4. The number of ether oxygens (including phenoxy) is 3. The SMILES string of the molecule is CCC(CCC(Nc1ccc(OCC(CNC(C)C)OC(=O)/C=C\C(=O)N(c2ccc(OCC(O)CNC(C)C)cc2)C(CCC(CC)c2ccccc2)N2CCNCC2)cc1)N1CCNCC1)c1ccccc1. The Kier molecular flexibility index (Phi) is 24.7. The average molecular weight is 1020 g/mol. The van der Waals surface area contributed by atoms with Gasteiger partial charge in [-0.3, -0.25) is 19.5 Å². The second-order valence-corrected chi connectivity index (χ2v) is 20.4. The van der Waals surface area contributed by atoms with Crippen LogP contribution in [0.2, 0.25) is 0 Å². The lowest BCUT2D eigenvalue weighted by atomic mass is 9.91. The molecule has 2 aliphatic heterocycles. The van der Waals surface area contributed by atoms with Gasteiger partial charge in [-0.1, -0.05) is 102 Å². The van der Waals surface area contributed by atoms with Crippen molar-refractivity contribution in [1.82, 2.24) is 31.1 Å². The molecule has 0 aromatic heterocycles. The molecule has 6 N–H and O–H groups in total. The molecule has 4 aromatic carbocycles. The molecule has 74 heavy (non-hydrogen) atoms. The van der Waals surface area contributed by atoms with E-state index in [-0.39, 0.29) is 43.5 Å². The lowest BCUT2D eigenvalue weighted by Crippen LogP contribution is -2.56. The van der Waals surface area contributed by atoms with Crippen LogP contribution in [-0.2, 0) is 14.3 Å². The Bertz CT molecular complexity index is 2200. The predicted octanol–water partition coefficient (Wildman–Crippen LogP) is 8.12. The van der Waals surface area contributed by atoms with E-state index in [0.29, 0.717) is 48.5 Å². The van der Waals surface area contributed by atoms with Crippen molar-refractivity contribution in [1.29, 1.82) is 0 Å². The number of anilines is 2. The highest BCUT2D eigenvalue weighted by molar-refractivity contribution is 6.04. The number of nitrogens with zero attached hydrogens (tertiary/aromatic N) is 3. The van der Waals surface area contributed by atoms with Crippen LogP contribution in [-0.4, -0.2) is 142 Å². The average Bonchev–Trinajstić information content (AvgIpc) is 3.43. The molecule has 2 heterocycles. The van der Waals surface area contributed by atoms with E-state index in [1.54, 1.807) is 0 Å². The van der Waals surface area contributed by atoms with Gasteiger partial charge in [0, 0.05) is 101 Å². The minimum absolute atomic E-state index is 0.123. The van der Waals surface area contributed by atoms with E-state index < -0.39 is 18.2 Å². The molecule has 6 unspecified atom stereocenters. The molecule has 0 aliphatic carbocycles. The van der Waals surface area contributed by atoms with Crippen molar-refractivity contribution in [3.8, 4) is 11.5 Å². The van der Waals surface area contributed by atoms with Gasteiger partial charge >= 0.3 is 5.97 Å². The quantitative estimate of drug-likeness (QED) is 0.0213. The Labute approximate surface area is 443 Å². The second kappa shape index (κ2) is 31.5. The van der Waals surface area contributed by atoms with Gasteiger partial charge in [0.15, 0.2) is 0 Å². The van der Waals surface area contributed by atoms with Gasteiger partial charge in [0.25, 0.3) is 5.91 Å². The summed E-state index contributed by atoms with van der Waals surface area (Å²) in [5, 5.41) is 27.9. The molecule has 2 fully saturated rings. The number of esters is 1. The number of hydrogen-bond acceptors (Lipinski definition) is 13. The van der Waals surface area contributed by atoms with Crippen molar-refractivity contribution < 1.29 is 28.9 Å². The van der Waals surface area contributed by atoms with Gasteiger partial charge in [-0.25, -0.2) is 4.79 Å². The van der Waals surface area contributed by atoms with Crippen LogP contribution in [0.3, 0.4) is 0 Å². The van der Waals surface area contributed by atoms with Crippen LogP contribution in [0.5, 0.6) is 11.5 Å². The van der Waals surface area contributed by atoms with Gasteiger partial charge < -0.3 is 45.9 Å². The maximum absolute atomic E-state index is 14.7. The van der Waals surface area contributed by atoms with Crippen LogP contribution in [0.1, 0.15) is 103 Å². The Hall–Kier alpha value is -5.32. The van der Waals surface area contributed by atoms with E-state index in [0.717, 1.165) is 90.1 Å². The number of nitrogens with one attached hydrogen (secondary N) is 5. The number of aliphatic hydroxyl groups is 1. The third kappa shape index (κ3) is 19.4. The number of carbonyl (C=O) groups excluding carboxylic acids is 2. The topological polar surface area (TPSA) is 152 Å². The Morgan fingerprint density at radius 1 is 0.635 bits per heavy atom. The summed E-state index contributed by atoms with van der Waals surface area (Å²) < 4.78 is 18.3. The van der Waals surface area contributed by atoms with E-state index in [4.69, 9.17) is 14.2 Å². The van der Waals surface area contributed by atoms with Gasteiger partial charge in [-0.05, 0) is 110 Å². The maximum Gasteiger partial charge on any atom is 0.331 e. The van der Waals surface area contributed by atoms with Crippen molar-refractivity contribution in [2.45, 2.75) is 129 Å². The first-order valence-corrected chi connectivity index (χ1v) is 27.6. The summed E-state index contributed by atoms with van der Waals surface area (Å²) in [5.74, 6) is 1.12. The predicted molar refractivity (Wildman–Crippen MR) is 300 cm³/mol. The smallest absolute Gasteiger partial charge is 0.331 e. The third-order valence-electron chi connectivity index (χ3n) is 14.1. The highest BCUT2D eigenvalue weighted by Gasteiger charge is 2.32. The summed E-state index contributed by atoms with van der Waals surface area (Å²) >= 11 is 0. The fraction of sp³-hybridized carbons (Fsp3) is 0.533. The lowest BCUT2D eigenvalue weighted by Gasteiger charge is -2.42. The zero-order valence-corrected chi connectivity index (χ0v) is 45.2. The molecular formula is C60H88N8O6. The number of hydrogen-bond donors (Lipinski definition) is 6. The van der Waals surface area contributed by atoms with Crippen LogP contribution in [0, 0.1) is 0 Å². The first kappa shape index (κ1) is 57.9. The van der Waals surface area contributed by atoms with Crippen molar-refractivity contribution in [2.24, 2.45) is 0 Å². The number of rotatable bonds is 31. The van der Waals surface area contributed by atoms with E-state index >= 15 is 0 Å². The Morgan fingerprint density at radius 3 is 1.70 bits per heavy atom. The van der Waals surface area contributed by atoms with Gasteiger partial charge in [0.1, 0.15) is 36.9 Å². The highest BCUT2D eigenvalue weighted by Crippen LogP contribution is 2.32. The maximum atomic E-state index is 14.7. The van der Waals surface area contributed by atoms with Crippen molar-refractivity contribution in [3.63, 3.8) is 0 Å². The highest BCUT2D eigenvalue weighted by atomic mass is 16.6. The van der Waals surface area contributed by atoms with Crippen LogP contribution in [0.25, 0.3) is 0 Å². The first-order chi connectivity index (χ1) is 36.0. The zero-order chi connectivity index (χ0) is 52.5. The molecule has 0 saturated carbocycles. The molecule has 2 aliphatic rings. The zero-order valence-electron chi connectivity index (χ0n) is 45.2. The van der Waals surface area contributed by atoms with Gasteiger partial charge in [0.05, 0.1) is 12.3 Å². The van der Waals surface area contributed by atoms with Crippen molar-refractivity contribution >= 4 is 23.3 Å². The Balaban J connectivity index is 1.14. The summed E-state index contributed by atoms with van der Waals surface area (Å²) in [6.07, 6.45) is 6.95. The Morgan fingerprint density at radius 2 is 1.15 bits per heavy atom. The van der Waals surface area contributed by atoms with E-state index in [1.165, 1.54) is 23.3 Å². The van der Waals surface area contributed by atoms with Crippen LogP contribution < -0.4 is 41.0 Å². The minimum Gasteiger partial charge on any atom is -0.491 e. The number of amides is 1. The second-order valence-electron chi connectivity index (χ2n) is 20.4. The van der Waals surface area contributed by atoms with Gasteiger partial charge in [-0.2, -0.15) is 0 Å². The number of carbonyl (C=O) groups is 2. The standard InChI is InChI=1S/C60H88N8O6/c1-7-47(49-15-11-9-12-16-49)19-29-57(66-37-33-61-34-38-66)65-51-21-25-54(26-22-51)73-44-56(42-64-46(5)6)74-60(71)32-31-59(70)68(52-23-27-55(28-24-52)72-43-53(69)41-63-45(3)4)58(67-39-35-62-36-40-67)30-20-48(8-2)50-17-13-10-14-18-50/h9-18,21-28,31-32,45-48,53,56-58,61-65,69H,7-8,19-20,29-30,33-44H2,1-6H3/b32-31-. The van der Waals surface area contributed by atoms with Crippen LogP contribution >= 0.6 is 0 Å². The molecule has 1 amide bonds. The number of piperazine rings is 2. The molecule has 0 spiro atoms. The largest absolute Gasteiger partial charge is 0.491 e. The van der Waals surface area contributed by atoms with E-state index in [1.807, 2.05) is 75.1 Å². The summed E-state index contributed by atoms with van der Waals surface area (Å²) in [5.41, 5.74) is 4.39. The van der Waals surface area contributed by atoms with E-state index in [2.05, 4.69) is 117 Å². The molecule has 404 valence electrons. The van der Waals surface area contributed by atoms with E-state index in [9.17, 15) is 14.7 Å². The summed E-state index contributed by atoms with van der Waals surface area (Å²) in [4.78, 5) is 35.2. The molecule has 6 rings (SSSR count). The molecule has 6 atom stereocenters. The van der Waals surface area contributed by atoms with Crippen LogP contribution in [0.4, 0.5) is 11.4 Å². The van der Waals surface area contributed by atoms with Gasteiger partial charge in [-0.15, -0.1) is 0 Å². The monoisotopic (exact) mass is 1020 g/mol. The normalized spacial score (nSPS) is 17.1. The number of aliphatic hydroxyl groups excluding tert-OH is 1.